The van der Waals surface area contributed by atoms with Crippen molar-refractivity contribution in [3.8, 4) is 0 Å². The average molecular weight is 209 g/mol. The average Bonchev–Trinajstić information content (AvgIpc) is 2.61. The first-order valence-corrected chi connectivity index (χ1v) is 5.77. The predicted octanol–water partition coefficient (Wildman–Crippen LogP) is 1.99. The van der Waals surface area contributed by atoms with Crippen LogP contribution in [0, 0.1) is 5.92 Å². The second kappa shape index (κ2) is 5.91. The Morgan fingerprint density at radius 1 is 1.47 bits per heavy atom. The third kappa shape index (κ3) is 4.04. The first-order valence-electron chi connectivity index (χ1n) is 5.77. The summed E-state index contributed by atoms with van der Waals surface area (Å²) in [6.07, 6.45) is 7.42. The third-order valence-electron chi connectivity index (χ3n) is 3.03. The molecule has 0 saturated carbocycles. The van der Waals surface area contributed by atoms with E-state index >= 15 is 0 Å². The molecule has 0 aliphatic rings. The fourth-order valence-corrected chi connectivity index (χ4v) is 1.85. The van der Waals surface area contributed by atoms with E-state index in [2.05, 4.69) is 35.8 Å². The Labute approximate surface area is 92.9 Å². The molecule has 2 atom stereocenters. The Hall–Kier alpha value is -0.830. The summed E-state index contributed by atoms with van der Waals surface area (Å²) in [5.41, 5.74) is 0. The number of rotatable bonds is 6. The number of aromatic nitrogens is 2. The van der Waals surface area contributed by atoms with Gasteiger partial charge in [0.25, 0.3) is 0 Å². The minimum Gasteiger partial charge on any atom is -0.338 e. The minimum absolute atomic E-state index is 0.612. The SMILES string of the molecule is CNC(C)CC(C)CCc1nccn1C. The summed E-state index contributed by atoms with van der Waals surface area (Å²) in [5, 5.41) is 3.28. The van der Waals surface area contributed by atoms with Gasteiger partial charge in [-0.1, -0.05) is 6.92 Å². The second-order valence-corrected chi connectivity index (χ2v) is 4.52. The first-order chi connectivity index (χ1) is 7.13. The molecule has 1 aromatic heterocycles. The van der Waals surface area contributed by atoms with Gasteiger partial charge in [-0.2, -0.15) is 0 Å². The Kier molecular flexibility index (Phi) is 4.82. The van der Waals surface area contributed by atoms with E-state index in [1.165, 1.54) is 18.7 Å². The van der Waals surface area contributed by atoms with Crippen molar-refractivity contribution in [1.29, 1.82) is 0 Å². The van der Waals surface area contributed by atoms with E-state index in [1.807, 2.05) is 19.4 Å². The Morgan fingerprint density at radius 2 is 2.20 bits per heavy atom. The van der Waals surface area contributed by atoms with Crippen LogP contribution in [0.2, 0.25) is 0 Å². The van der Waals surface area contributed by atoms with Crippen LogP contribution in [-0.4, -0.2) is 22.6 Å². The van der Waals surface area contributed by atoms with E-state index < -0.39 is 0 Å². The van der Waals surface area contributed by atoms with Crippen molar-refractivity contribution in [3.63, 3.8) is 0 Å². The summed E-state index contributed by atoms with van der Waals surface area (Å²) >= 11 is 0. The number of nitrogens with zero attached hydrogens (tertiary/aromatic N) is 2. The van der Waals surface area contributed by atoms with Crippen LogP contribution in [0.1, 0.15) is 32.5 Å². The minimum atomic E-state index is 0.612. The second-order valence-electron chi connectivity index (χ2n) is 4.52. The molecule has 0 saturated heterocycles. The van der Waals surface area contributed by atoms with Crippen LogP contribution in [0.3, 0.4) is 0 Å². The van der Waals surface area contributed by atoms with Crippen molar-refractivity contribution < 1.29 is 0 Å². The lowest BCUT2D eigenvalue weighted by Crippen LogP contribution is -2.23. The van der Waals surface area contributed by atoms with E-state index in [4.69, 9.17) is 0 Å². The zero-order valence-electron chi connectivity index (χ0n) is 10.3. The topological polar surface area (TPSA) is 29.9 Å². The van der Waals surface area contributed by atoms with E-state index in [9.17, 15) is 0 Å². The fraction of sp³-hybridized carbons (Fsp3) is 0.750. The third-order valence-corrected chi connectivity index (χ3v) is 3.03. The van der Waals surface area contributed by atoms with Crippen LogP contribution < -0.4 is 5.32 Å². The predicted molar refractivity (Wildman–Crippen MR) is 63.8 cm³/mol. The molecule has 0 amide bonds. The van der Waals surface area contributed by atoms with Crippen molar-refractivity contribution >= 4 is 0 Å². The molecule has 0 aromatic carbocycles. The maximum atomic E-state index is 4.33. The molecule has 3 nitrogen and oxygen atoms in total. The van der Waals surface area contributed by atoms with Gasteiger partial charge in [0, 0.05) is 31.9 Å². The monoisotopic (exact) mass is 209 g/mol. The normalized spacial score (nSPS) is 15.2. The Bertz CT molecular complexity index is 280. The molecule has 0 bridgehead atoms. The fourth-order valence-electron chi connectivity index (χ4n) is 1.85. The molecular formula is C12H23N3. The van der Waals surface area contributed by atoms with Crippen LogP contribution >= 0.6 is 0 Å². The summed E-state index contributed by atoms with van der Waals surface area (Å²) in [5.74, 6) is 1.95. The van der Waals surface area contributed by atoms with Gasteiger partial charge >= 0.3 is 0 Å². The van der Waals surface area contributed by atoms with Gasteiger partial charge in [0.2, 0.25) is 0 Å². The molecular weight excluding hydrogens is 186 g/mol. The molecule has 1 rings (SSSR count). The van der Waals surface area contributed by atoms with E-state index in [1.54, 1.807) is 0 Å². The number of imidazole rings is 1. The molecule has 0 aliphatic heterocycles. The maximum absolute atomic E-state index is 4.33. The smallest absolute Gasteiger partial charge is 0.108 e. The summed E-state index contributed by atoms with van der Waals surface area (Å²) in [4.78, 5) is 4.33. The Morgan fingerprint density at radius 3 is 2.73 bits per heavy atom. The largest absolute Gasteiger partial charge is 0.338 e. The van der Waals surface area contributed by atoms with Crippen molar-refractivity contribution in [3.05, 3.63) is 18.2 Å². The van der Waals surface area contributed by atoms with Crippen LogP contribution in [0.15, 0.2) is 12.4 Å². The van der Waals surface area contributed by atoms with Crippen molar-refractivity contribution in [2.45, 2.75) is 39.2 Å². The van der Waals surface area contributed by atoms with Crippen molar-refractivity contribution in [1.82, 2.24) is 14.9 Å². The highest BCUT2D eigenvalue weighted by atomic mass is 15.0. The van der Waals surface area contributed by atoms with Gasteiger partial charge in [0.1, 0.15) is 5.82 Å². The molecule has 0 spiro atoms. The van der Waals surface area contributed by atoms with E-state index in [0.717, 1.165) is 12.3 Å². The lowest BCUT2D eigenvalue weighted by molar-refractivity contribution is 0.415. The zero-order chi connectivity index (χ0) is 11.3. The van der Waals surface area contributed by atoms with Gasteiger partial charge in [-0.05, 0) is 32.7 Å². The molecule has 0 radical (unpaired) electrons. The lowest BCUT2D eigenvalue weighted by atomic mass is 9.97. The molecule has 15 heavy (non-hydrogen) atoms. The van der Waals surface area contributed by atoms with Gasteiger partial charge < -0.3 is 9.88 Å². The maximum Gasteiger partial charge on any atom is 0.108 e. The summed E-state index contributed by atoms with van der Waals surface area (Å²) in [6.45, 7) is 4.55. The van der Waals surface area contributed by atoms with Crippen LogP contribution in [0.5, 0.6) is 0 Å². The lowest BCUT2D eigenvalue weighted by Gasteiger charge is -2.16. The van der Waals surface area contributed by atoms with Crippen LogP contribution in [0.25, 0.3) is 0 Å². The summed E-state index contributed by atoms with van der Waals surface area (Å²) in [6, 6.07) is 0.612. The molecule has 0 aliphatic carbocycles. The molecule has 1 aromatic rings. The molecule has 1 N–H and O–H groups in total. The van der Waals surface area contributed by atoms with Crippen molar-refractivity contribution in [2.24, 2.45) is 13.0 Å². The van der Waals surface area contributed by atoms with E-state index in [-0.39, 0.29) is 0 Å². The number of hydrogen-bond acceptors (Lipinski definition) is 2. The van der Waals surface area contributed by atoms with Gasteiger partial charge in [-0.15, -0.1) is 0 Å². The summed E-state index contributed by atoms with van der Waals surface area (Å²) < 4.78 is 2.11. The number of aryl methyl sites for hydroxylation is 2. The summed E-state index contributed by atoms with van der Waals surface area (Å²) in [7, 11) is 4.08. The molecule has 3 heteroatoms. The molecule has 0 fully saturated rings. The van der Waals surface area contributed by atoms with Gasteiger partial charge in [-0.3, -0.25) is 0 Å². The van der Waals surface area contributed by atoms with Gasteiger partial charge in [0.15, 0.2) is 0 Å². The Balaban J connectivity index is 2.28. The van der Waals surface area contributed by atoms with Crippen molar-refractivity contribution in [2.75, 3.05) is 7.05 Å². The number of nitrogens with one attached hydrogen (secondary N) is 1. The molecule has 1 heterocycles. The first kappa shape index (κ1) is 12.2. The number of hydrogen-bond donors (Lipinski definition) is 1. The highest BCUT2D eigenvalue weighted by Gasteiger charge is 2.08. The van der Waals surface area contributed by atoms with E-state index in [0.29, 0.717) is 6.04 Å². The van der Waals surface area contributed by atoms with Crippen LogP contribution in [0.4, 0.5) is 0 Å². The highest BCUT2D eigenvalue weighted by molar-refractivity contribution is 4.91. The zero-order valence-corrected chi connectivity index (χ0v) is 10.3. The van der Waals surface area contributed by atoms with Crippen LogP contribution in [-0.2, 0) is 13.5 Å². The standard InChI is InChI=1S/C12H23N3/c1-10(9-11(2)13-3)5-6-12-14-7-8-15(12)4/h7-8,10-11,13H,5-6,9H2,1-4H3. The molecule has 2 unspecified atom stereocenters. The van der Waals surface area contributed by atoms with Gasteiger partial charge in [-0.25, -0.2) is 4.98 Å². The van der Waals surface area contributed by atoms with Gasteiger partial charge in [0.05, 0.1) is 0 Å². The highest BCUT2D eigenvalue weighted by Crippen LogP contribution is 2.13. The molecule has 86 valence electrons. The quantitative estimate of drug-likeness (QED) is 0.776.